The van der Waals surface area contributed by atoms with Crippen LogP contribution < -0.4 is 0 Å². The molecule has 0 aliphatic heterocycles. The van der Waals surface area contributed by atoms with E-state index in [-0.39, 0.29) is 16.2 Å². The molecule has 3 nitrogen and oxygen atoms in total. The second-order valence-corrected chi connectivity index (χ2v) is 35.5. The van der Waals surface area contributed by atoms with Gasteiger partial charge in [0.2, 0.25) is 0 Å². The van der Waals surface area contributed by atoms with Crippen molar-refractivity contribution < 1.29 is 13.3 Å². The number of furan rings is 3. The first-order chi connectivity index (χ1) is 61.3. The molecule has 3 heterocycles. The van der Waals surface area contributed by atoms with E-state index in [0.29, 0.717) is 0 Å². The Kier molecular flexibility index (Phi) is 21.6. The van der Waals surface area contributed by atoms with Gasteiger partial charge in [0.25, 0.3) is 0 Å². The highest BCUT2D eigenvalue weighted by atomic mass is 16.3. The summed E-state index contributed by atoms with van der Waals surface area (Å²) < 4.78 is 17.9. The monoisotopic (exact) mass is 1630 g/mol. The molecule has 0 spiro atoms. The smallest absolute Gasteiger partial charge is 0.143 e. The van der Waals surface area contributed by atoms with E-state index < -0.39 is 0 Å². The van der Waals surface area contributed by atoms with Crippen molar-refractivity contribution in [3.8, 4) is 100 Å². The number of rotatable bonds is 6. The van der Waals surface area contributed by atoms with Gasteiger partial charge in [-0.3, -0.25) is 0 Å². The molecular weight excluding hydrogens is 1530 g/mol. The lowest BCUT2D eigenvalue weighted by atomic mass is 9.78. The zero-order valence-electron chi connectivity index (χ0n) is 73.8. The predicted octanol–water partition coefficient (Wildman–Crippen LogP) is 34.6. The molecule has 0 unspecified atom stereocenters. The normalized spacial score (nSPS) is 13.0. The van der Waals surface area contributed by atoms with Crippen molar-refractivity contribution in [1.29, 1.82) is 0 Å². The van der Waals surface area contributed by atoms with Crippen LogP contribution in [0.15, 0.2) is 414 Å². The zero-order chi connectivity index (χ0) is 86.5. The van der Waals surface area contributed by atoms with E-state index in [2.05, 4.69) is 441 Å². The first kappa shape index (κ1) is 81.0. The summed E-state index contributed by atoms with van der Waals surface area (Å²) in [4.78, 5) is 0. The highest BCUT2D eigenvalue weighted by Crippen LogP contribution is 2.56. The van der Waals surface area contributed by atoms with Gasteiger partial charge in [-0.05, 0) is 251 Å². The van der Waals surface area contributed by atoms with Gasteiger partial charge in [0.1, 0.15) is 33.5 Å². The average molecular weight is 1630 g/mol. The number of benzene rings is 18. The van der Waals surface area contributed by atoms with E-state index in [9.17, 15) is 0 Å². The van der Waals surface area contributed by atoms with Gasteiger partial charge in [-0.1, -0.05) is 393 Å². The molecule has 24 rings (SSSR count). The molecule has 3 aliphatic rings. The van der Waals surface area contributed by atoms with E-state index in [1.807, 2.05) is 42.5 Å². The molecule has 612 valence electrons. The third-order valence-corrected chi connectivity index (χ3v) is 26.5. The molecule has 0 radical (unpaired) electrons. The van der Waals surface area contributed by atoms with Gasteiger partial charge >= 0.3 is 0 Å². The molecule has 3 aliphatic carbocycles. The highest BCUT2D eigenvalue weighted by Gasteiger charge is 2.40. The standard InChI is InChI=1S/3C22H20.3C19H14O/c1-15-9-7-13-18-20(15)21-17(16-10-5-4-6-11-16)12-8-14-19(21)22(18,2)3;1-15-8-7-11-20-21(15)18-14-17(16-9-5-4-6-10-16)12-13-19(18)22(20,2)3;1-15-13-14-17(16-9-5-4-6-10-16)21-20(15)18-11-7-8-12-19(18)22(21,2)3;1-13-7-2-3-8-14(13)16-10-6-11-17-15-9-4-5-12-18(15)20-19(16)17;1-13-6-2-3-7-15(13)14-10-11-19-17(12-14)16-8-4-5-9-18(16)20-19;1-13-6-2-3-7-15(13)14-10-11-17-16-8-4-5-9-18(16)20-19(17)12-14/h3*4-14H,1-3H3;3*2-12H,1H3. The van der Waals surface area contributed by atoms with Crippen molar-refractivity contribution >= 4 is 65.8 Å². The largest absolute Gasteiger partial charge is 0.456 e. The van der Waals surface area contributed by atoms with E-state index in [1.165, 1.54) is 194 Å². The van der Waals surface area contributed by atoms with Crippen LogP contribution in [0.4, 0.5) is 0 Å². The van der Waals surface area contributed by atoms with Crippen LogP contribution in [-0.4, -0.2) is 0 Å². The van der Waals surface area contributed by atoms with Crippen molar-refractivity contribution in [3.05, 3.63) is 467 Å². The Hall–Kier alpha value is -14.6. The van der Waals surface area contributed by atoms with Gasteiger partial charge in [-0.2, -0.15) is 0 Å². The van der Waals surface area contributed by atoms with Gasteiger partial charge in [0.05, 0.1) is 0 Å². The summed E-state index contributed by atoms with van der Waals surface area (Å²) >= 11 is 0. The molecule has 18 aromatic carbocycles. The van der Waals surface area contributed by atoms with Crippen molar-refractivity contribution in [3.63, 3.8) is 0 Å². The summed E-state index contributed by atoms with van der Waals surface area (Å²) in [6.07, 6.45) is 0. The van der Waals surface area contributed by atoms with E-state index >= 15 is 0 Å². The van der Waals surface area contributed by atoms with Crippen molar-refractivity contribution in [1.82, 2.24) is 0 Å². The summed E-state index contributed by atoms with van der Waals surface area (Å²) in [5.74, 6) is 0. The van der Waals surface area contributed by atoms with Gasteiger partial charge in [0.15, 0.2) is 0 Å². The molecule has 0 saturated carbocycles. The Morgan fingerprint density at radius 2 is 0.548 bits per heavy atom. The Labute approximate surface area is 740 Å². The number of hydrogen-bond acceptors (Lipinski definition) is 3. The Balaban J connectivity index is 0.0000000988. The second-order valence-electron chi connectivity index (χ2n) is 35.5. The van der Waals surface area contributed by atoms with Crippen molar-refractivity contribution in [2.45, 2.75) is 99.3 Å². The molecule has 21 aromatic rings. The first-order valence-electron chi connectivity index (χ1n) is 44.1. The molecule has 0 atom stereocenters. The minimum Gasteiger partial charge on any atom is -0.456 e. The van der Waals surface area contributed by atoms with E-state index in [4.69, 9.17) is 13.3 Å². The van der Waals surface area contributed by atoms with Crippen molar-refractivity contribution in [2.24, 2.45) is 0 Å². The number of hydrogen-bond donors (Lipinski definition) is 0. The summed E-state index contributed by atoms with van der Waals surface area (Å²) in [6.45, 7) is 27.1. The lowest BCUT2D eigenvalue weighted by molar-refractivity contribution is 0.660. The lowest BCUT2D eigenvalue weighted by Crippen LogP contribution is -2.16. The minimum absolute atomic E-state index is 0.0448. The maximum atomic E-state index is 6.09. The lowest BCUT2D eigenvalue weighted by Gasteiger charge is -2.25. The van der Waals surface area contributed by atoms with Crippen LogP contribution in [-0.2, 0) is 16.2 Å². The maximum absolute atomic E-state index is 6.09. The summed E-state index contributed by atoms with van der Waals surface area (Å²) in [5.41, 5.74) is 46.4. The van der Waals surface area contributed by atoms with E-state index in [0.717, 1.165) is 39.1 Å². The van der Waals surface area contributed by atoms with Crippen LogP contribution in [0.1, 0.15) is 108 Å². The Bertz CT molecular complexity index is 7650. The fourth-order valence-electron chi connectivity index (χ4n) is 20.0. The van der Waals surface area contributed by atoms with Crippen LogP contribution >= 0.6 is 0 Å². The van der Waals surface area contributed by atoms with Gasteiger partial charge in [-0.15, -0.1) is 0 Å². The molecule has 0 fully saturated rings. The molecule has 0 saturated heterocycles. The van der Waals surface area contributed by atoms with Crippen LogP contribution in [0, 0.1) is 41.5 Å². The SMILES string of the molecule is Cc1ccc(-c2ccccc2)c2c1-c1ccccc1C2(C)C.Cc1cccc2c1-c1c(-c3ccccc3)cccc1C2(C)C.Cc1cccc2c1-c1cc(-c3ccccc3)ccc1C2(C)C.Cc1ccccc1-c1ccc2c(c1)oc1ccccc12.Cc1ccccc1-c1ccc2oc3ccccc3c2c1.Cc1ccccc1-c1cccc2c1oc1ccccc12. The molecule has 3 aromatic heterocycles. The molecular formula is C123H102O3. The quantitative estimate of drug-likeness (QED) is 0.167. The highest BCUT2D eigenvalue weighted by molar-refractivity contribution is 6.11. The number of fused-ring (bicyclic) bond motifs is 18. The Morgan fingerprint density at radius 1 is 0.167 bits per heavy atom. The summed E-state index contributed by atoms with van der Waals surface area (Å²) in [5, 5.41) is 7.08. The summed E-state index contributed by atoms with van der Waals surface area (Å²) in [6, 6.07) is 142. The first-order valence-corrected chi connectivity index (χ1v) is 44.1. The third-order valence-electron chi connectivity index (χ3n) is 26.5. The fourth-order valence-corrected chi connectivity index (χ4v) is 20.0. The van der Waals surface area contributed by atoms with Crippen LogP contribution in [0.5, 0.6) is 0 Å². The average Bonchev–Trinajstić information content (AvgIpc) is 1.57. The topological polar surface area (TPSA) is 39.4 Å². The van der Waals surface area contributed by atoms with Gasteiger partial charge in [0, 0.05) is 54.1 Å². The van der Waals surface area contributed by atoms with Gasteiger partial charge < -0.3 is 13.3 Å². The van der Waals surface area contributed by atoms with Crippen LogP contribution in [0.2, 0.25) is 0 Å². The molecule has 0 N–H and O–H groups in total. The van der Waals surface area contributed by atoms with Gasteiger partial charge in [-0.25, -0.2) is 0 Å². The minimum atomic E-state index is 0.0448. The van der Waals surface area contributed by atoms with Crippen molar-refractivity contribution in [2.75, 3.05) is 0 Å². The Morgan fingerprint density at radius 3 is 1.17 bits per heavy atom. The predicted molar refractivity (Wildman–Crippen MR) is 534 cm³/mol. The second kappa shape index (κ2) is 33.5. The number of aryl methyl sites for hydroxylation is 6. The molecule has 0 amide bonds. The van der Waals surface area contributed by atoms with Crippen LogP contribution in [0.25, 0.3) is 166 Å². The molecule has 126 heavy (non-hydrogen) atoms. The number of para-hydroxylation sites is 4. The van der Waals surface area contributed by atoms with E-state index in [1.54, 1.807) is 0 Å². The summed E-state index contributed by atoms with van der Waals surface area (Å²) in [7, 11) is 0. The zero-order valence-corrected chi connectivity index (χ0v) is 73.8. The maximum Gasteiger partial charge on any atom is 0.143 e. The van der Waals surface area contributed by atoms with Crippen LogP contribution in [0.3, 0.4) is 0 Å². The third kappa shape index (κ3) is 14.8. The molecule has 0 bridgehead atoms. The fraction of sp³-hybridized carbons (Fsp3) is 0.122. The molecule has 3 heteroatoms.